The van der Waals surface area contributed by atoms with Crippen LogP contribution in [0.3, 0.4) is 0 Å². The Bertz CT molecular complexity index is 950. The summed E-state index contributed by atoms with van der Waals surface area (Å²) in [6.07, 6.45) is 1.69. The standard InChI is InChI=1S/C23H27ClN2O5/c1-29-20-11-18(23(28)31-3)19(12-21(20)30-2)25-22(27)16-7-5-9-26(14-16)13-15-6-4-8-17(24)10-15/h4,6,8,10-12,16H,5,7,9,13-14H2,1-3H3,(H,25,27). The smallest absolute Gasteiger partial charge is 0.340 e. The fraction of sp³-hybridized carbons (Fsp3) is 0.391. The van der Waals surface area contributed by atoms with Crippen molar-refractivity contribution in [2.45, 2.75) is 19.4 Å². The van der Waals surface area contributed by atoms with Crippen LogP contribution in [-0.4, -0.2) is 51.2 Å². The summed E-state index contributed by atoms with van der Waals surface area (Å²) >= 11 is 6.09. The van der Waals surface area contributed by atoms with Crippen molar-refractivity contribution in [1.29, 1.82) is 0 Å². The summed E-state index contributed by atoms with van der Waals surface area (Å²) in [6, 6.07) is 10.8. The highest BCUT2D eigenvalue weighted by Gasteiger charge is 2.27. The summed E-state index contributed by atoms with van der Waals surface area (Å²) in [5, 5.41) is 3.59. The van der Waals surface area contributed by atoms with Crippen LogP contribution in [0.1, 0.15) is 28.8 Å². The molecule has 7 nitrogen and oxygen atoms in total. The highest BCUT2D eigenvalue weighted by molar-refractivity contribution is 6.30. The van der Waals surface area contributed by atoms with Gasteiger partial charge in [-0.25, -0.2) is 4.79 Å². The van der Waals surface area contributed by atoms with E-state index in [9.17, 15) is 9.59 Å². The normalized spacial score (nSPS) is 16.5. The van der Waals surface area contributed by atoms with E-state index in [2.05, 4.69) is 10.2 Å². The molecule has 1 atom stereocenters. The van der Waals surface area contributed by atoms with Gasteiger partial charge in [0.1, 0.15) is 0 Å². The van der Waals surface area contributed by atoms with Gasteiger partial charge in [0.25, 0.3) is 0 Å². The van der Waals surface area contributed by atoms with Crippen LogP contribution in [0.4, 0.5) is 5.69 Å². The molecule has 1 fully saturated rings. The molecule has 2 aromatic carbocycles. The van der Waals surface area contributed by atoms with Gasteiger partial charge in [-0.1, -0.05) is 23.7 Å². The third kappa shape index (κ3) is 5.68. The predicted octanol–water partition coefficient (Wildman–Crippen LogP) is 3.99. The van der Waals surface area contributed by atoms with Crippen LogP contribution in [0, 0.1) is 5.92 Å². The lowest BCUT2D eigenvalue weighted by atomic mass is 9.96. The molecule has 1 saturated heterocycles. The molecule has 166 valence electrons. The van der Waals surface area contributed by atoms with Gasteiger partial charge in [-0.2, -0.15) is 0 Å². The lowest BCUT2D eigenvalue weighted by molar-refractivity contribution is -0.121. The molecule has 0 bridgehead atoms. The Hall–Kier alpha value is -2.77. The Labute approximate surface area is 187 Å². The average Bonchev–Trinajstić information content (AvgIpc) is 2.78. The van der Waals surface area contributed by atoms with E-state index in [0.29, 0.717) is 28.8 Å². The summed E-state index contributed by atoms with van der Waals surface area (Å²) in [7, 11) is 4.27. The molecular weight excluding hydrogens is 420 g/mol. The molecule has 1 N–H and O–H groups in total. The van der Waals surface area contributed by atoms with Gasteiger partial charge >= 0.3 is 5.97 Å². The van der Waals surface area contributed by atoms with Gasteiger partial charge in [0, 0.05) is 30.2 Å². The SMILES string of the molecule is COC(=O)c1cc(OC)c(OC)cc1NC(=O)C1CCCN(Cc2cccc(Cl)c2)C1. The number of benzene rings is 2. The molecule has 1 unspecified atom stereocenters. The first-order valence-corrected chi connectivity index (χ1v) is 10.4. The van der Waals surface area contributed by atoms with E-state index < -0.39 is 5.97 Å². The van der Waals surface area contributed by atoms with Gasteiger partial charge in [0.15, 0.2) is 11.5 Å². The Kier molecular flexibility index (Phi) is 7.76. The molecule has 1 heterocycles. The minimum Gasteiger partial charge on any atom is -0.493 e. The lowest BCUT2D eigenvalue weighted by Crippen LogP contribution is -2.40. The largest absolute Gasteiger partial charge is 0.493 e. The van der Waals surface area contributed by atoms with Crippen molar-refractivity contribution < 1.29 is 23.8 Å². The minimum atomic E-state index is -0.567. The molecular formula is C23H27ClN2O5. The van der Waals surface area contributed by atoms with Crippen molar-refractivity contribution in [2.24, 2.45) is 5.92 Å². The number of nitrogens with zero attached hydrogens (tertiary/aromatic N) is 1. The second-order valence-corrected chi connectivity index (χ2v) is 7.87. The number of ether oxygens (including phenoxy) is 3. The van der Waals surface area contributed by atoms with E-state index in [1.54, 1.807) is 6.07 Å². The van der Waals surface area contributed by atoms with E-state index in [0.717, 1.165) is 31.5 Å². The van der Waals surface area contributed by atoms with Crippen LogP contribution in [0.2, 0.25) is 5.02 Å². The van der Waals surface area contributed by atoms with Crippen molar-refractivity contribution in [2.75, 3.05) is 39.7 Å². The zero-order valence-electron chi connectivity index (χ0n) is 17.9. The predicted molar refractivity (Wildman–Crippen MR) is 119 cm³/mol. The minimum absolute atomic E-state index is 0.145. The number of halogens is 1. The number of esters is 1. The molecule has 0 aliphatic carbocycles. The summed E-state index contributed by atoms with van der Waals surface area (Å²) in [6.45, 7) is 2.27. The topological polar surface area (TPSA) is 77.1 Å². The Morgan fingerprint density at radius 1 is 1.13 bits per heavy atom. The molecule has 0 spiro atoms. The van der Waals surface area contributed by atoms with E-state index in [4.69, 9.17) is 25.8 Å². The zero-order valence-corrected chi connectivity index (χ0v) is 18.7. The molecule has 0 aromatic heterocycles. The van der Waals surface area contributed by atoms with Crippen LogP contribution in [0.5, 0.6) is 11.5 Å². The number of amides is 1. The second kappa shape index (κ2) is 10.5. The first-order valence-electron chi connectivity index (χ1n) is 10.1. The fourth-order valence-corrected chi connectivity index (χ4v) is 4.02. The molecule has 3 rings (SSSR count). The van der Waals surface area contributed by atoms with Crippen molar-refractivity contribution in [3.63, 3.8) is 0 Å². The highest BCUT2D eigenvalue weighted by atomic mass is 35.5. The van der Waals surface area contributed by atoms with Gasteiger partial charge in [0.2, 0.25) is 5.91 Å². The maximum absolute atomic E-state index is 13.1. The van der Waals surface area contributed by atoms with E-state index in [1.165, 1.54) is 27.4 Å². The first-order chi connectivity index (χ1) is 14.9. The molecule has 2 aromatic rings. The number of likely N-dealkylation sites (tertiary alicyclic amines) is 1. The maximum Gasteiger partial charge on any atom is 0.340 e. The number of rotatable bonds is 7. The number of hydrogen-bond donors (Lipinski definition) is 1. The third-order valence-electron chi connectivity index (χ3n) is 5.36. The molecule has 31 heavy (non-hydrogen) atoms. The van der Waals surface area contributed by atoms with Gasteiger partial charge < -0.3 is 19.5 Å². The summed E-state index contributed by atoms with van der Waals surface area (Å²) in [5.41, 5.74) is 1.66. The van der Waals surface area contributed by atoms with Crippen LogP contribution in [-0.2, 0) is 16.1 Å². The number of carbonyl (C=O) groups is 2. The summed E-state index contributed by atoms with van der Waals surface area (Å²) in [5.74, 6) is -0.120. The third-order valence-corrected chi connectivity index (χ3v) is 5.59. The van der Waals surface area contributed by atoms with Crippen molar-refractivity contribution >= 4 is 29.2 Å². The molecule has 0 radical (unpaired) electrons. The van der Waals surface area contributed by atoms with Gasteiger partial charge in [-0.05, 0) is 37.1 Å². The quantitative estimate of drug-likeness (QED) is 0.648. The number of hydrogen-bond acceptors (Lipinski definition) is 6. The average molecular weight is 447 g/mol. The maximum atomic E-state index is 13.1. The van der Waals surface area contributed by atoms with Crippen LogP contribution < -0.4 is 14.8 Å². The van der Waals surface area contributed by atoms with Crippen LogP contribution >= 0.6 is 11.6 Å². The zero-order chi connectivity index (χ0) is 22.4. The van der Waals surface area contributed by atoms with Crippen molar-refractivity contribution in [3.05, 3.63) is 52.5 Å². The number of anilines is 1. The Balaban J connectivity index is 1.74. The van der Waals surface area contributed by atoms with Crippen LogP contribution in [0.25, 0.3) is 0 Å². The monoisotopic (exact) mass is 446 g/mol. The Morgan fingerprint density at radius 3 is 2.55 bits per heavy atom. The van der Waals surface area contributed by atoms with E-state index >= 15 is 0 Å². The van der Waals surface area contributed by atoms with E-state index in [1.807, 2.05) is 24.3 Å². The van der Waals surface area contributed by atoms with Gasteiger partial charge in [0.05, 0.1) is 38.5 Å². The molecule has 0 saturated carbocycles. The molecule has 8 heteroatoms. The number of carbonyl (C=O) groups excluding carboxylic acids is 2. The second-order valence-electron chi connectivity index (χ2n) is 7.44. The summed E-state index contributed by atoms with van der Waals surface area (Å²) < 4.78 is 15.4. The van der Waals surface area contributed by atoms with Crippen LogP contribution in [0.15, 0.2) is 36.4 Å². The van der Waals surface area contributed by atoms with E-state index in [-0.39, 0.29) is 17.4 Å². The lowest BCUT2D eigenvalue weighted by Gasteiger charge is -2.32. The summed E-state index contributed by atoms with van der Waals surface area (Å²) in [4.78, 5) is 27.6. The highest BCUT2D eigenvalue weighted by Crippen LogP contribution is 2.34. The first kappa shape index (κ1) is 22.9. The van der Waals surface area contributed by atoms with Gasteiger partial charge in [-0.3, -0.25) is 9.69 Å². The number of nitrogens with one attached hydrogen (secondary N) is 1. The van der Waals surface area contributed by atoms with Gasteiger partial charge in [-0.15, -0.1) is 0 Å². The fourth-order valence-electron chi connectivity index (χ4n) is 3.80. The molecule has 1 aliphatic heterocycles. The van der Waals surface area contributed by atoms with Crippen molar-refractivity contribution in [3.8, 4) is 11.5 Å². The Morgan fingerprint density at radius 2 is 1.87 bits per heavy atom. The number of methoxy groups -OCH3 is 3. The molecule has 1 aliphatic rings. The molecule has 1 amide bonds. The van der Waals surface area contributed by atoms with Crippen molar-refractivity contribution in [1.82, 2.24) is 4.90 Å². The number of piperidine rings is 1.